The van der Waals surface area contributed by atoms with Crippen molar-refractivity contribution in [3.8, 4) is 0 Å². The lowest BCUT2D eigenvalue weighted by Crippen LogP contribution is -2.35. The van der Waals surface area contributed by atoms with Gasteiger partial charge in [-0.25, -0.2) is 21.9 Å². The zero-order chi connectivity index (χ0) is 14.6. The highest BCUT2D eigenvalue weighted by molar-refractivity contribution is 7.89. The summed E-state index contributed by atoms with van der Waals surface area (Å²) in [5.41, 5.74) is 4.28. The van der Waals surface area contributed by atoms with E-state index in [4.69, 9.17) is 10.8 Å². The lowest BCUT2D eigenvalue weighted by Gasteiger charge is -2.16. The van der Waals surface area contributed by atoms with Crippen LogP contribution in [0.25, 0.3) is 0 Å². The van der Waals surface area contributed by atoms with Gasteiger partial charge in [-0.05, 0) is 25.0 Å². The molecule has 0 aliphatic heterocycles. The van der Waals surface area contributed by atoms with E-state index in [0.717, 1.165) is 12.1 Å². The van der Waals surface area contributed by atoms with Crippen molar-refractivity contribution in [2.24, 2.45) is 0 Å². The number of aliphatic hydroxyl groups is 1. The van der Waals surface area contributed by atoms with Crippen LogP contribution in [0.1, 0.15) is 19.8 Å². The molecule has 0 amide bonds. The Labute approximate surface area is 110 Å². The molecule has 0 fully saturated rings. The molecule has 0 bridgehead atoms. The SMILES string of the molecule is CCC(CCO)NS(=O)(=O)c1ccc(F)c(N)c1F. The van der Waals surface area contributed by atoms with Gasteiger partial charge in [0.1, 0.15) is 16.4 Å². The Kier molecular flexibility index (Phi) is 5.21. The number of nitrogens with two attached hydrogens (primary N) is 1. The van der Waals surface area contributed by atoms with Gasteiger partial charge in [-0.1, -0.05) is 6.92 Å². The van der Waals surface area contributed by atoms with Gasteiger partial charge < -0.3 is 10.8 Å². The second kappa shape index (κ2) is 6.27. The largest absolute Gasteiger partial charge is 0.396 e. The minimum Gasteiger partial charge on any atom is -0.396 e. The third kappa shape index (κ3) is 3.62. The van der Waals surface area contributed by atoms with Crippen molar-refractivity contribution in [1.82, 2.24) is 4.72 Å². The van der Waals surface area contributed by atoms with Crippen molar-refractivity contribution in [3.63, 3.8) is 0 Å². The first-order valence-corrected chi connectivity index (χ1v) is 7.18. The Bertz CT molecular complexity index is 549. The molecule has 0 radical (unpaired) electrons. The summed E-state index contributed by atoms with van der Waals surface area (Å²) in [6, 6.07) is 1.08. The highest BCUT2D eigenvalue weighted by Crippen LogP contribution is 2.23. The van der Waals surface area contributed by atoms with Crippen LogP contribution in [0.3, 0.4) is 0 Å². The number of halogens is 2. The molecule has 0 heterocycles. The van der Waals surface area contributed by atoms with E-state index in [9.17, 15) is 17.2 Å². The number of benzene rings is 1. The van der Waals surface area contributed by atoms with E-state index in [-0.39, 0.29) is 13.0 Å². The minimum atomic E-state index is -4.15. The summed E-state index contributed by atoms with van der Waals surface area (Å²) >= 11 is 0. The molecule has 1 atom stereocenters. The van der Waals surface area contributed by atoms with E-state index in [1.165, 1.54) is 0 Å². The number of hydrogen-bond donors (Lipinski definition) is 3. The van der Waals surface area contributed by atoms with Gasteiger partial charge in [0.25, 0.3) is 0 Å². The lowest BCUT2D eigenvalue weighted by atomic mass is 10.2. The van der Waals surface area contributed by atoms with Crippen LogP contribution in [0.5, 0.6) is 0 Å². The summed E-state index contributed by atoms with van der Waals surface area (Å²) < 4.78 is 52.8. The molecule has 0 aliphatic rings. The molecule has 1 unspecified atom stereocenters. The monoisotopic (exact) mass is 294 g/mol. The number of anilines is 1. The van der Waals surface area contributed by atoms with Crippen LogP contribution >= 0.6 is 0 Å². The highest BCUT2D eigenvalue weighted by atomic mass is 32.2. The van der Waals surface area contributed by atoms with Crippen LogP contribution in [-0.2, 0) is 10.0 Å². The summed E-state index contributed by atoms with van der Waals surface area (Å²) in [5, 5.41) is 8.79. The summed E-state index contributed by atoms with van der Waals surface area (Å²) in [4.78, 5) is -0.706. The molecule has 0 aromatic heterocycles. The van der Waals surface area contributed by atoms with E-state index in [2.05, 4.69) is 4.72 Å². The van der Waals surface area contributed by atoms with Gasteiger partial charge >= 0.3 is 0 Å². The van der Waals surface area contributed by atoms with Crippen molar-refractivity contribution < 1.29 is 22.3 Å². The lowest BCUT2D eigenvalue weighted by molar-refractivity contribution is 0.270. The Hall–Kier alpha value is -1.25. The third-order valence-electron chi connectivity index (χ3n) is 2.67. The second-order valence-electron chi connectivity index (χ2n) is 4.01. The van der Waals surface area contributed by atoms with Crippen LogP contribution in [0.4, 0.5) is 14.5 Å². The molecule has 1 rings (SSSR count). The van der Waals surface area contributed by atoms with E-state index in [1.54, 1.807) is 6.92 Å². The first-order valence-electron chi connectivity index (χ1n) is 5.70. The molecule has 5 nitrogen and oxygen atoms in total. The maximum absolute atomic E-state index is 13.7. The number of sulfonamides is 1. The molecule has 0 saturated carbocycles. The van der Waals surface area contributed by atoms with Gasteiger partial charge in [0.2, 0.25) is 10.0 Å². The zero-order valence-corrected chi connectivity index (χ0v) is 11.2. The quantitative estimate of drug-likeness (QED) is 0.682. The summed E-state index contributed by atoms with van der Waals surface area (Å²) in [6.45, 7) is 1.52. The number of nitrogens with one attached hydrogen (secondary N) is 1. The Morgan fingerprint density at radius 1 is 1.42 bits per heavy atom. The fraction of sp³-hybridized carbons (Fsp3) is 0.455. The first kappa shape index (κ1) is 15.8. The van der Waals surface area contributed by atoms with Gasteiger partial charge in [0.15, 0.2) is 5.82 Å². The normalized spacial score (nSPS) is 13.5. The molecule has 1 aromatic carbocycles. The molecule has 0 spiro atoms. The topological polar surface area (TPSA) is 92.4 Å². The molecule has 8 heteroatoms. The van der Waals surface area contributed by atoms with Crippen LogP contribution in [0, 0.1) is 11.6 Å². The predicted octanol–water partition coefficient (Wildman–Crippen LogP) is 0.986. The maximum Gasteiger partial charge on any atom is 0.243 e. The van der Waals surface area contributed by atoms with Gasteiger partial charge in [-0.2, -0.15) is 0 Å². The number of aliphatic hydroxyl groups excluding tert-OH is 1. The van der Waals surface area contributed by atoms with E-state index in [1.807, 2.05) is 0 Å². The second-order valence-corrected chi connectivity index (χ2v) is 5.69. The fourth-order valence-electron chi connectivity index (χ4n) is 1.54. The van der Waals surface area contributed by atoms with Crippen LogP contribution in [0.15, 0.2) is 17.0 Å². The fourth-order valence-corrected chi connectivity index (χ4v) is 2.99. The molecule has 0 saturated heterocycles. The molecule has 4 N–H and O–H groups in total. The first-order chi connectivity index (χ1) is 8.83. The third-order valence-corrected chi connectivity index (χ3v) is 4.21. The van der Waals surface area contributed by atoms with Crippen LogP contribution in [-0.4, -0.2) is 26.2 Å². The van der Waals surface area contributed by atoms with Crippen molar-refractivity contribution >= 4 is 15.7 Å². The molecular formula is C11H16F2N2O3S. The van der Waals surface area contributed by atoms with E-state index < -0.39 is 38.3 Å². The Balaban J connectivity index is 3.10. The van der Waals surface area contributed by atoms with E-state index in [0.29, 0.717) is 6.42 Å². The van der Waals surface area contributed by atoms with Gasteiger partial charge in [0.05, 0.1) is 0 Å². The molecular weight excluding hydrogens is 278 g/mol. The summed E-state index contributed by atoms with van der Waals surface area (Å²) in [5.74, 6) is -2.33. The number of rotatable bonds is 6. The number of hydrogen-bond acceptors (Lipinski definition) is 4. The zero-order valence-electron chi connectivity index (χ0n) is 10.4. The van der Waals surface area contributed by atoms with Crippen molar-refractivity contribution in [2.45, 2.75) is 30.7 Å². The van der Waals surface area contributed by atoms with Crippen molar-refractivity contribution in [1.29, 1.82) is 0 Å². The van der Waals surface area contributed by atoms with Crippen molar-refractivity contribution in [2.75, 3.05) is 12.3 Å². The summed E-state index contributed by atoms with van der Waals surface area (Å²) in [7, 11) is -4.15. The van der Waals surface area contributed by atoms with Gasteiger partial charge in [0, 0.05) is 12.6 Å². The standard InChI is InChI=1S/C11H16F2N2O3S/c1-2-7(5-6-16)15-19(17,18)9-4-3-8(12)11(14)10(9)13/h3-4,7,15-16H,2,5-6,14H2,1H3. The highest BCUT2D eigenvalue weighted by Gasteiger charge is 2.24. The van der Waals surface area contributed by atoms with Crippen LogP contribution < -0.4 is 10.5 Å². The average molecular weight is 294 g/mol. The smallest absolute Gasteiger partial charge is 0.243 e. The number of nitrogen functional groups attached to an aromatic ring is 1. The molecule has 0 aliphatic carbocycles. The van der Waals surface area contributed by atoms with Crippen molar-refractivity contribution in [3.05, 3.63) is 23.8 Å². The Morgan fingerprint density at radius 3 is 2.58 bits per heavy atom. The molecule has 19 heavy (non-hydrogen) atoms. The maximum atomic E-state index is 13.7. The van der Waals surface area contributed by atoms with Gasteiger partial charge in [-0.15, -0.1) is 0 Å². The average Bonchev–Trinajstić information content (AvgIpc) is 2.34. The molecule has 1 aromatic rings. The van der Waals surface area contributed by atoms with Gasteiger partial charge in [-0.3, -0.25) is 0 Å². The Morgan fingerprint density at radius 2 is 2.05 bits per heavy atom. The summed E-state index contributed by atoms with van der Waals surface area (Å²) in [6.07, 6.45) is 0.631. The predicted molar refractivity (Wildman–Crippen MR) is 66.9 cm³/mol. The molecule has 108 valence electrons. The minimum absolute atomic E-state index is 0.199. The van der Waals surface area contributed by atoms with Crippen LogP contribution in [0.2, 0.25) is 0 Å². The van der Waals surface area contributed by atoms with E-state index >= 15 is 0 Å².